The molecular weight excluding hydrogens is 2250 g/mol. The third-order valence-corrected chi connectivity index (χ3v) is 22.9. The summed E-state index contributed by atoms with van der Waals surface area (Å²) < 4.78 is 21.7. The maximum atomic E-state index is 12.4. The predicted octanol–water partition coefficient (Wildman–Crippen LogP) is 16.6. The average Bonchev–Trinajstić information content (AvgIpc) is 1.62. The number of carbonyl (C=O) groups is 11. The van der Waals surface area contributed by atoms with E-state index in [1.807, 2.05) is 0 Å². The van der Waals surface area contributed by atoms with Crippen LogP contribution in [0.2, 0.25) is 33.8 Å². The minimum Gasteiger partial charge on any atom is -0.477 e. The number of benzene rings is 8. The molecule has 0 bridgehead atoms. The number of nitrogens with zero attached hydrogens (tertiary/aromatic N) is 11. The summed E-state index contributed by atoms with van der Waals surface area (Å²) in [7, 11) is 1.50. The molecule has 4 fully saturated rings. The molecular formula is C88H69Cl7I3N16O17S2-. The largest absolute Gasteiger partial charge is 0.477 e. The third-order valence-electron chi connectivity index (χ3n) is 19.0. The van der Waals surface area contributed by atoms with Gasteiger partial charge in [-0.1, -0.05) is 148 Å². The number of epoxide rings is 1. The molecule has 2 aromatic heterocycles. The van der Waals surface area contributed by atoms with Gasteiger partial charge in [0, 0.05) is 66.6 Å². The van der Waals surface area contributed by atoms with Gasteiger partial charge in [0.1, 0.15) is 23.2 Å². The van der Waals surface area contributed by atoms with Crippen LogP contribution in [0.3, 0.4) is 0 Å². The van der Waals surface area contributed by atoms with Crippen molar-refractivity contribution < 1.29 is 95.2 Å². The number of ether oxygens (including phenoxy) is 4. The van der Waals surface area contributed by atoms with E-state index in [1.54, 1.807) is 170 Å². The molecule has 45 heteroatoms. The molecule has 0 unspecified atom stereocenters. The standard InChI is InChI=1S/C19H12ClN3O4.C18H14ClN3O3.C16H11Cl2N3O3S.C11H10ClN3O2.C11H9NO3.C7H5ClN2.C5H3ClO2S.CH5N.I3/c1-21-16-7-6-11(8-15(16)20)22-9-12(27-19(22)26)10-23-17(24)13-4-2-3-5-14(13)18(23)25;1-20-16-7-6-11(8-15(16)19)21-9-12(23)10-22-17(24)13-4-2-3-5-14(13)18(22)25;1-19-12-3-2-9(6-11(12)17)21-8-10(24-16(21)23)7-20-15(22)13-4-5-14(18)25-13;1-14-10-3-2-7(4-9(10)12)15-6-8(5-13)17-11(15)16;13-10-8-3-1-2-4-9(8)11(14)12(10)5-7-6-15-7;1-10-7-3-2-5(9)4-6(7)8;6-4-2-1-3(9-4)5(7)8;1-2;1-3-2/h2-8,12H,9-10H2;2-8,12,21,23H,9-10H2;2-6,10H,7-8H2,(H,20,22);2-4,8H,5-6,13H2;1-4,7H,5-6H2;2-4H,9H2;1-2H,(H,7,8);2H2,1H3;/q;;;;;;;;-1/t2*12-;10-;8-;7-;;;;/m11000..../s1. The van der Waals surface area contributed by atoms with Crippen LogP contribution in [0.25, 0.3) is 24.2 Å². The number of fused-ring (bicyclic) bond motifs is 3. The second-order valence-electron chi connectivity index (χ2n) is 27.5. The van der Waals surface area contributed by atoms with Gasteiger partial charge in [-0.2, -0.15) is 0 Å². The fourth-order valence-corrected chi connectivity index (χ4v) is 15.5. The van der Waals surface area contributed by atoms with Crippen molar-refractivity contribution in [1.82, 2.24) is 20.0 Å². The summed E-state index contributed by atoms with van der Waals surface area (Å²) in [4.78, 5) is 156. The zero-order valence-electron chi connectivity index (χ0n) is 68.6. The number of nitrogen functional groups attached to an aromatic ring is 1. The quantitative estimate of drug-likeness (QED) is 0.0111. The number of hydrogen-bond acceptors (Lipinski definition) is 22. The van der Waals surface area contributed by atoms with Gasteiger partial charge in [-0.05, 0) is 128 Å². The molecule has 5 atom stereocenters. The molecule has 10 N–H and O–H groups in total. The second kappa shape index (κ2) is 50.5. The van der Waals surface area contributed by atoms with E-state index in [0.717, 1.165) is 21.1 Å². The number of halogens is 10. The Bertz CT molecular complexity index is 6220. The maximum Gasteiger partial charge on any atom is 0.414 e. The van der Waals surface area contributed by atoms with Gasteiger partial charge in [-0.25, -0.2) is 43.4 Å². The van der Waals surface area contributed by atoms with E-state index in [9.17, 15) is 57.8 Å². The van der Waals surface area contributed by atoms with E-state index in [0.29, 0.717) is 146 Å². The van der Waals surface area contributed by atoms with E-state index in [2.05, 4.69) is 77.8 Å². The van der Waals surface area contributed by atoms with Crippen LogP contribution in [0, 0.1) is 32.9 Å². The number of cyclic esters (lactones) is 3. The smallest absolute Gasteiger partial charge is 0.414 e. The topological polar surface area (TPSA) is 412 Å². The normalized spacial score (nSPS) is 16.1. The molecule has 10 aromatic rings. The van der Waals surface area contributed by atoms with Crippen molar-refractivity contribution in [2.75, 3.05) is 98.3 Å². The number of aliphatic hydroxyl groups excluding tert-OH is 1. The van der Waals surface area contributed by atoms with Crippen LogP contribution in [-0.4, -0.2) is 194 Å². The summed E-state index contributed by atoms with van der Waals surface area (Å²) in [6.45, 7) is 36.9. The molecule has 133 heavy (non-hydrogen) atoms. The Morgan fingerprint density at radius 3 is 1.14 bits per heavy atom. The number of amides is 10. The van der Waals surface area contributed by atoms with Crippen molar-refractivity contribution in [2.45, 2.75) is 30.5 Å². The van der Waals surface area contributed by atoms with Gasteiger partial charge in [0.05, 0.1) is 144 Å². The number of aliphatic hydroxyl groups is 1. The summed E-state index contributed by atoms with van der Waals surface area (Å²) in [5, 5.41) is 25.8. The fourth-order valence-electron chi connectivity index (χ4n) is 12.6. The van der Waals surface area contributed by atoms with E-state index in [4.69, 9.17) is 150 Å². The number of nitrogens with one attached hydrogen (secondary N) is 2. The summed E-state index contributed by atoms with van der Waals surface area (Å²) in [5.41, 5.74) is 22.4. The molecule has 0 spiro atoms. The summed E-state index contributed by atoms with van der Waals surface area (Å²) in [5.74, 6) is -3.18. The summed E-state index contributed by atoms with van der Waals surface area (Å²) in [6, 6.07) is 50.3. The first kappa shape index (κ1) is 105. The first-order valence-electron chi connectivity index (χ1n) is 38.4. The number of imide groups is 3. The number of nitrogens with two attached hydrogens (primary N) is 3. The van der Waals surface area contributed by atoms with Crippen LogP contribution < -0.4 is 55.8 Å². The molecule has 9 heterocycles. The van der Waals surface area contributed by atoms with Crippen LogP contribution in [-0.2, 0) is 18.9 Å². The number of hydrogen-bond donors (Lipinski definition) is 7. The van der Waals surface area contributed by atoms with E-state index in [-0.39, 0.29) is 96.4 Å². The second-order valence-corrected chi connectivity index (χ2v) is 49.2. The van der Waals surface area contributed by atoms with Crippen LogP contribution in [0.15, 0.2) is 188 Å². The van der Waals surface area contributed by atoms with Crippen molar-refractivity contribution in [3.63, 3.8) is 0 Å². The van der Waals surface area contributed by atoms with Crippen molar-refractivity contribution in [2.24, 2.45) is 11.5 Å². The number of aromatic carboxylic acids is 1. The Labute approximate surface area is 833 Å². The molecule has 0 radical (unpaired) electrons. The van der Waals surface area contributed by atoms with E-state index >= 15 is 0 Å². The molecule has 10 amide bonds. The Hall–Kier alpha value is -11.6. The maximum absolute atomic E-state index is 12.4. The van der Waals surface area contributed by atoms with Gasteiger partial charge in [-0.15, -0.1) is 22.7 Å². The summed E-state index contributed by atoms with van der Waals surface area (Å²) in [6.07, 6.45) is -3.87. The van der Waals surface area contributed by atoms with Gasteiger partial charge in [0.2, 0.25) is 28.4 Å². The van der Waals surface area contributed by atoms with Crippen molar-refractivity contribution >= 4 is 264 Å². The zero-order valence-corrected chi connectivity index (χ0v) is 82.0. The molecule has 17 rings (SSSR count). The van der Waals surface area contributed by atoms with Crippen LogP contribution in [0.5, 0.6) is 0 Å². The molecule has 0 saturated carbocycles. The summed E-state index contributed by atoms with van der Waals surface area (Å²) >= 11 is 48.3. The molecule has 7 aliphatic heterocycles. The Morgan fingerprint density at radius 1 is 0.474 bits per heavy atom. The molecule has 33 nitrogen and oxygen atoms in total. The number of carboxylic acid groups (broad SMARTS) is 1. The minimum absolute atomic E-state index is 0.0253. The SMILES string of the molecule is CN.I[I-]I.O=C(O)c1ccc(Cl)s1.O=C1c2ccccc2C(=O)N1C[C@H]1CO1.[C-]#[N+]c1ccc(N)cc1Cl.[C-]#[N+]c1ccc(N2C[C@H](CN)OC2=O)cc1Cl.[C-]#[N+]c1ccc(N2C[C@H](CN3C(=O)c4ccccc4C3=O)OC2=O)cc1Cl.[C-]#[N+]c1ccc(N2C[C@H](CNC(=O)c3ccc(Cl)s3)OC2=O)cc1Cl.[C-]#[N+]c1ccc(NC[C@@H](O)CN2C(=O)c3ccccc3C2=O)cc1Cl. The molecule has 8 aromatic carbocycles. The van der Waals surface area contributed by atoms with Crippen LogP contribution in [0.1, 0.15) is 81.5 Å². The van der Waals surface area contributed by atoms with E-state index < -0.39 is 66.2 Å². The van der Waals surface area contributed by atoms with Gasteiger partial charge in [0.25, 0.3) is 41.4 Å². The molecule has 7 aliphatic rings. The number of carboxylic acids is 1. The number of rotatable bonds is 17. The predicted molar refractivity (Wildman–Crippen MR) is 521 cm³/mol. The van der Waals surface area contributed by atoms with Crippen molar-refractivity contribution in [3.05, 3.63) is 322 Å². The Morgan fingerprint density at radius 2 is 0.805 bits per heavy atom. The van der Waals surface area contributed by atoms with Gasteiger partial charge in [-0.3, -0.25) is 63.0 Å². The van der Waals surface area contributed by atoms with Gasteiger partial charge < -0.3 is 57.0 Å². The van der Waals surface area contributed by atoms with Crippen LogP contribution >= 0.6 is 141 Å². The van der Waals surface area contributed by atoms with Gasteiger partial charge >= 0.3 is 74.7 Å². The Balaban J connectivity index is 0.000000178. The van der Waals surface area contributed by atoms with Crippen molar-refractivity contribution in [3.8, 4) is 0 Å². The molecule has 4 saturated heterocycles. The fraction of sp³-hybridized carbons (Fsp3) is 0.182. The Kier molecular flexibility index (Phi) is 39.9. The van der Waals surface area contributed by atoms with E-state index in [1.165, 1.54) is 56.2 Å². The third kappa shape index (κ3) is 28.0. The van der Waals surface area contributed by atoms with Crippen molar-refractivity contribution in [1.29, 1.82) is 0 Å². The first-order chi connectivity index (χ1) is 63.7. The van der Waals surface area contributed by atoms with Crippen LogP contribution in [0.4, 0.5) is 71.3 Å². The minimum atomic E-state index is -0.943. The molecule has 686 valence electrons. The zero-order chi connectivity index (χ0) is 97.0. The van der Waals surface area contributed by atoms with Gasteiger partial charge in [0.15, 0.2) is 0 Å². The number of thiophene rings is 2. The first-order valence-corrected chi connectivity index (χ1v) is 55.2. The average molecular weight is 2320 g/mol. The number of anilines is 5. The molecule has 0 aliphatic carbocycles. The monoisotopic (exact) mass is 2310 g/mol. The number of carbonyl (C=O) groups excluding carboxylic acids is 10. The number of β-amino-alcohol motifs (C(OH)–C–C–N with tert-alkyl or cyclic N) is 1.